The number of carbonyl (C=O) groups excluding carboxylic acids is 1. The number of benzene rings is 1. The molecule has 0 aliphatic rings. The summed E-state index contributed by atoms with van der Waals surface area (Å²) in [5.41, 5.74) is 8.66. The summed E-state index contributed by atoms with van der Waals surface area (Å²) in [4.78, 5) is 15.6. The van der Waals surface area contributed by atoms with Gasteiger partial charge < -0.3 is 5.73 Å². The summed E-state index contributed by atoms with van der Waals surface area (Å²) >= 11 is 0. The van der Waals surface area contributed by atoms with Crippen molar-refractivity contribution in [3.63, 3.8) is 0 Å². The van der Waals surface area contributed by atoms with Crippen molar-refractivity contribution >= 4 is 5.91 Å². The van der Waals surface area contributed by atoms with Gasteiger partial charge in [0.05, 0.1) is 5.92 Å². The van der Waals surface area contributed by atoms with E-state index in [1.165, 1.54) is 0 Å². The third-order valence-electron chi connectivity index (χ3n) is 3.22. The summed E-state index contributed by atoms with van der Waals surface area (Å²) in [7, 11) is 0. The fourth-order valence-electron chi connectivity index (χ4n) is 2.24. The first-order valence-corrected chi connectivity index (χ1v) is 6.52. The van der Waals surface area contributed by atoms with Crippen LogP contribution in [-0.2, 0) is 4.79 Å². The highest BCUT2D eigenvalue weighted by molar-refractivity contribution is 5.82. The maximum absolute atomic E-state index is 11.5. The molecule has 0 saturated heterocycles. The number of pyridine rings is 1. The van der Waals surface area contributed by atoms with Gasteiger partial charge in [-0.15, -0.1) is 0 Å². The highest BCUT2D eigenvalue weighted by atomic mass is 16.1. The van der Waals surface area contributed by atoms with Crippen LogP contribution in [0.2, 0.25) is 0 Å². The maximum Gasteiger partial charge on any atom is 0.224 e. The molecule has 1 heterocycles. The summed E-state index contributed by atoms with van der Waals surface area (Å²) in [5, 5.41) is 0. The predicted octanol–water partition coefficient (Wildman–Crippen LogP) is 3.12. The molecular weight excluding hydrogens is 236 g/mol. The second kappa shape index (κ2) is 6.14. The monoisotopic (exact) mass is 254 g/mol. The summed E-state index contributed by atoms with van der Waals surface area (Å²) in [6.45, 7) is 2.06. The number of amides is 1. The van der Waals surface area contributed by atoms with Gasteiger partial charge in [0.2, 0.25) is 5.91 Å². The summed E-state index contributed by atoms with van der Waals surface area (Å²) in [6, 6.07) is 11.9. The Morgan fingerprint density at radius 2 is 1.95 bits per heavy atom. The Morgan fingerprint density at radius 3 is 2.58 bits per heavy atom. The van der Waals surface area contributed by atoms with Gasteiger partial charge >= 0.3 is 0 Å². The van der Waals surface area contributed by atoms with Crippen LogP contribution in [0.3, 0.4) is 0 Å². The average molecular weight is 254 g/mol. The van der Waals surface area contributed by atoms with E-state index in [0.717, 1.165) is 29.5 Å². The van der Waals surface area contributed by atoms with Crippen LogP contribution in [0.25, 0.3) is 11.1 Å². The number of aromatic nitrogens is 1. The molecule has 2 aromatic rings. The zero-order chi connectivity index (χ0) is 13.7. The topological polar surface area (TPSA) is 56.0 Å². The lowest BCUT2D eigenvalue weighted by molar-refractivity contribution is -0.119. The fourth-order valence-corrected chi connectivity index (χ4v) is 2.24. The smallest absolute Gasteiger partial charge is 0.224 e. The van der Waals surface area contributed by atoms with Crippen molar-refractivity contribution in [3.8, 4) is 11.1 Å². The molecule has 3 heteroatoms. The van der Waals surface area contributed by atoms with Crippen molar-refractivity contribution in [2.24, 2.45) is 5.73 Å². The van der Waals surface area contributed by atoms with E-state index < -0.39 is 0 Å². The van der Waals surface area contributed by atoms with Crippen LogP contribution in [0, 0.1) is 0 Å². The number of nitrogens with zero attached hydrogens (tertiary/aromatic N) is 1. The van der Waals surface area contributed by atoms with Gasteiger partial charge in [-0.05, 0) is 35.2 Å². The van der Waals surface area contributed by atoms with E-state index in [2.05, 4.69) is 11.9 Å². The van der Waals surface area contributed by atoms with Gasteiger partial charge in [0.1, 0.15) is 0 Å². The molecule has 0 bridgehead atoms. The van der Waals surface area contributed by atoms with Gasteiger partial charge in [-0.1, -0.05) is 37.6 Å². The number of primary amides is 1. The molecule has 0 aliphatic carbocycles. The Labute approximate surface area is 113 Å². The minimum Gasteiger partial charge on any atom is -0.369 e. The van der Waals surface area contributed by atoms with Crippen molar-refractivity contribution in [1.29, 1.82) is 0 Å². The quantitative estimate of drug-likeness (QED) is 0.891. The molecular formula is C16H18N2O. The molecule has 1 atom stereocenters. The zero-order valence-electron chi connectivity index (χ0n) is 11.0. The lowest BCUT2D eigenvalue weighted by Crippen LogP contribution is -2.21. The molecule has 0 spiro atoms. The Balaban J connectivity index is 2.36. The van der Waals surface area contributed by atoms with Crippen molar-refractivity contribution < 1.29 is 4.79 Å². The highest BCUT2D eigenvalue weighted by Crippen LogP contribution is 2.26. The van der Waals surface area contributed by atoms with E-state index in [4.69, 9.17) is 5.73 Å². The second-order valence-corrected chi connectivity index (χ2v) is 4.60. The molecule has 1 unspecified atom stereocenters. The van der Waals surface area contributed by atoms with Crippen molar-refractivity contribution in [3.05, 3.63) is 54.4 Å². The van der Waals surface area contributed by atoms with Crippen molar-refractivity contribution in [1.82, 2.24) is 4.98 Å². The van der Waals surface area contributed by atoms with Crippen LogP contribution in [0.4, 0.5) is 0 Å². The third kappa shape index (κ3) is 3.19. The molecule has 3 nitrogen and oxygen atoms in total. The maximum atomic E-state index is 11.5. The van der Waals surface area contributed by atoms with E-state index in [-0.39, 0.29) is 11.8 Å². The Kier molecular flexibility index (Phi) is 4.29. The largest absolute Gasteiger partial charge is 0.369 e. The molecule has 2 N–H and O–H groups in total. The highest BCUT2D eigenvalue weighted by Gasteiger charge is 2.17. The molecule has 1 aromatic heterocycles. The molecule has 1 amide bonds. The van der Waals surface area contributed by atoms with Crippen LogP contribution in [0.15, 0.2) is 48.8 Å². The summed E-state index contributed by atoms with van der Waals surface area (Å²) in [6.07, 6.45) is 5.25. The molecule has 0 saturated carbocycles. The fraction of sp³-hybridized carbons (Fsp3) is 0.250. The average Bonchev–Trinajstić information content (AvgIpc) is 2.45. The molecule has 98 valence electrons. The molecule has 0 aliphatic heterocycles. The van der Waals surface area contributed by atoms with Crippen LogP contribution in [0.1, 0.15) is 31.2 Å². The van der Waals surface area contributed by atoms with Gasteiger partial charge in [0.25, 0.3) is 0 Å². The van der Waals surface area contributed by atoms with E-state index >= 15 is 0 Å². The summed E-state index contributed by atoms with van der Waals surface area (Å²) in [5.74, 6) is -0.458. The number of hydrogen-bond acceptors (Lipinski definition) is 2. The lowest BCUT2D eigenvalue weighted by atomic mass is 9.91. The molecule has 19 heavy (non-hydrogen) atoms. The number of nitrogens with two attached hydrogens (primary N) is 1. The standard InChI is InChI=1S/C16H18N2O/c1-2-4-15(16(17)19)14-6-3-5-13(11-14)12-7-9-18-10-8-12/h3,5-11,15H,2,4H2,1H3,(H2,17,19). The first-order valence-electron chi connectivity index (χ1n) is 6.52. The molecule has 1 aromatic carbocycles. The van der Waals surface area contributed by atoms with Crippen LogP contribution < -0.4 is 5.73 Å². The van der Waals surface area contributed by atoms with Crippen molar-refractivity contribution in [2.45, 2.75) is 25.7 Å². The zero-order valence-corrected chi connectivity index (χ0v) is 11.0. The number of hydrogen-bond donors (Lipinski definition) is 1. The van der Waals surface area contributed by atoms with Gasteiger partial charge in [0, 0.05) is 12.4 Å². The second-order valence-electron chi connectivity index (χ2n) is 4.60. The van der Waals surface area contributed by atoms with E-state index in [1.807, 2.05) is 36.4 Å². The minimum absolute atomic E-state index is 0.202. The van der Waals surface area contributed by atoms with E-state index in [9.17, 15) is 4.79 Å². The van der Waals surface area contributed by atoms with Crippen LogP contribution in [0.5, 0.6) is 0 Å². The molecule has 2 rings (SSSR count). The van der Waals surface area contributed by atoms with Crippen LogP contribution in [-0.4, -0.2) is 10.9 Å². The Morgan fingerprint density at radius 1 is 1.21 bits per heavy atom. The normalized spacial score (nSPS) is 12.1. The van der Waals surface area contributed by atoms with Gasteiger partial charge in [-0.3, -0.25) is 9.78 Å². The van der Waals surface area contributed by atoms with Gasteiger partial charge in [-0.25, -0.2) is 0 Å². The predicted molar refractivity (Wildman–Crippen MR) is 76.5 cm³/mol. The van der Waals surface area contributed by atoms with Gasteiger partial charge in [0.15, 0.2) is 0 Å². The SMILES string of the molecule is CCCC(C(N)=O)c1cccc(-c2ccncc2)c1. The van der Waals surface area contributed by atoms with Crippen molar-refractivity contribution in [2.75, 3.05) is 0 Å². The van der Waals surface area contributed by atoms with Crippen LogP contribution >= 0.6 is 0 Å². The molecule has 0 radical (unpaired) electrons. The first kappa shape index (κ1) is 13.3. The third-order valence-corrected chi connectivity index (χ3v) is 3.22. The number of carbonyl (C=O) groups is 1. The minimum atomic E-state index is -0.256. The van der Waals surface area contributed by atoms with E-state index in [1.54, 1.807) is 12.4 Å². The first-order chi connectivity index (χ1) is 9.22. The van der Waals surface area contributed by atoms with Gasteiger partial charge in [-0.2, -0.15) is 0 Å². The van der Waals surface area contributed by atoms with E-state index in [0.29, 0.717) is 0 Å². The Bertz CT molecular complexity index is 552. The summed E-state index contributed by atoms with van der Waals surface area (Å²) < 4.78 is 0. The lowest BCUT2D eigenvalue weighted by Gasteiger charge is -2.14. The molecule has 0 fully saturated rings. The Hall–Kier alpha value is -2.16. The number of rotatable bonds is 5.